The molecule has 1 aliphatic heterocycles. The molecule has 0 radical (unpaired) electrons. The predicted octanol–water partition coefficient (Wildman–Crippen LogP) is 4.15. The van der Waals surface area contributed by atoms with Crippen LogP contribution >= 0.6 is 0 Å². The van der Waals surface area contributed by atoms with E-state index in [1.165, 1.54) is 12.1 Å². The standard InChI is InChI=1S/C25H25F3N4O3/c1-16-3-8-22-18(13-16)14-21(17(2)29-22)24(34)32-11-9-31(10-12-32)15-23(33)30-19-4-6-20(7-5-19)35-25(26,27)28/h3-8,13-14H,9-12,15H2,1-2H3,(H,30,33). The number of anilines is 1. The maximum absolute atomic E-state index is 13.1. The summed E-state index contributed by atoms with van der Waals surface area (Å²) in [5, 5.41) is 3.59. The van der Waals surface area contributed by atoms with Crippen molar-refractivity contribution in [1.29, 1.82) is 0 Å². The molecule has 10 heteroatoms. The van der Waals surface area contributed by atoms with Gasteiger partial charge < -0.3 is 15.0 Å². The average molecular weight is 486 g/mol. The Morgan fingerprint density at radius 2 is 1.69 bits per heavy atom. The summed E-state index contributed by atoms with van der Waals surface area (Å²) >= 11 is 0. The number of hydrogen-bond donors (Lipinski definition) is 1. The van der Waals surface area contributed by atoms with Crippen LogP contribution in [0.15, 0.2) is 48.5 Å². The molecule has 1 aliphatic rings. The normalized spacial score (nSPS) is 14.7. The van der Waals surface area contributed by atoms with Crippen molar-refractivity contribution in [3.63, 3.8) is 0 Å². The van der Waals surface area contributed by atoms with E-state index in [-0.39, 0.29) is 24.1 Å². The Morgan fingerprint density at radius 1 is 1.00 bits per heavy atom. The second-order valence-electron chi connectivity index (χ2n) is 8.51. The Balaban J connectivity index is 1.30. The predicted molar refractivity (Wildman–Crippen MR) is 125 cm³/mol. The van der Waals surface area contributed by atoms with E-state index in [2.05, 4.69) is 15.0 Å². The molecule has 0 unspecified atom stereocenters. The highest BCUT2D eigenvalue weighted by Gasteiger charge is 2.31. The van der Waals surface area contributed by atoms with Crippen LogP contribution in [-0.4, -0.2) is 65.7 Å². The summed E-state index contributed by atoms with van der Waals surface area (Å²) < 4.78 is 40.6. The van der Waals surface area contributed by atoms with Crippen molar-refractivity contribution >= 4 is 28.4 Å². The van der Waals surface area contributed by atoms with Crippen LogP contribution in [0.3, 0.4) is 0 Å². The molecular formula is C25H25F3N4O3. The average Bonchev–Trinajstić information content (AvgIpc) is 2.79. The topological polar surface area (TPSA) is 74.8 Å². The highest BCUT2D eigenvalue weighted by Crippen LogP contribution is 2.24. The molecule has 184 valence electrons. The lowest BCUT2D eigenvalue weighted by Crippen LogP contribution is -2.50. The molecule has 7 nitrogen and oxygen atoms in total. The Hall–Kier alpha value is -3.66. The smallest absolute Gasteiger partial charge is 0.406 e. The number of amides is 2. The third kappa shape index (κ3) is 6.27. The highest BCUT2D eigenvalue weighted by atomic mass is 19.4. The van der Waals surface area contributed by atoms with Gasteiger partial charge in [0, 0.05) is 37.3 Å². The van der Waals surface area contributed by atoms with E-state index in [9.17, 15) is 22.8 Å². The molecule has 0 aliphatic carbocycles. The second kappa shape index (κ2) is 9.91. The lowest BCUT2D eigenvalue weighted by atomic mass is 10.1. The third-order valence-corrected chi connectivity index (χ3v) is 5.79. The van der Waals surface area contributed by atoms with Crippen LogP contribution in [0, 0.1) is 13.8 Å². The number of nitrogens with one attached hydrogen (secondary N) is 1. The van der Waals surface area contributed by atoms with Crippen LogP contribution in [0.1, 0.15) is 21.6 Å². The monoisotopic (exact) mass is 486 g/mol. The third-order valence-electron chi connectivity index (χ3n) is 5.79. The molecule has 35 heavy (non-hydrogen) atoms. The zero-order chi connectivity index (χ0) is 25.2. The number of nitrogens with zero attached hydrogens (tertiary/aromatic N) is 3. The van der Waals surface area contributed by atoms with Gasteiger partial charge in [-0.05, 0) is 56.3 Å². The summed E-state index contributed by atoms with van der Waals surface area (Å²) in [6.07, 6.45) is -4.77. The van der Waals surface area contributed by atoms with E-state index in [1.807, 2.05) is 43.0 Å². The number of halogens is 3. The quantitative estimate of drug-likeness (QED) is 0.587. The fourth-order valence-corrected chi connectivity index (χ4v) is 4.03. The first-order chi connectivity index (χ1) is 16.6. The molecule has 2 heterocycles. The Bertz CT molecular complexity index is 1240. The second-order valence-corrected chi connectivity index (χ2v) is 8.51. The molecular weight excluding hydrogens is 461 g/mol. The first-order valence-electron chi connectivity index (χ1n) is 11.1. The molecule has 0 bridgehead atoms. The molecule has 2 aromatic carbocycles. The SMILES string of the molecule is Cc1ccc2nc(C)c(C(=O)N3CCN(CC(=O)Nc4ccc(OC(F)(F)F)cc4)CC3)cc2c1. The van der Waals surface area contributed by atoms with E-state index < -0.39 is 6.36 Å². The molecule has 3 aromatic rings. The lowest BCUT2D eigenvalue weighted by Gasteiger charge is -2.34. The molecule has 1 aromatic heterocycles. The summed E-state index contributed by atoms with van der Waals surface area (Å²) in [7, 11) is 0. The van der Waals surface area contributed by atoms with Crippen molar-refractivity contribution < 1.29 is 27.5 Å². The molecule has 1 fully saturated rings. The van der Waals surface area contributed by atoms with E-state index in [0.29, 0.717) is 43.1 Å². The van der Waals surface area contributed by atoms with Gasteiger partial charge in [-0.1, -0.05) is 11.6 Å². The molecule has 1 N–H and O–H groups in total. The minimum Gasteiger partial charge on any atom is -0.406 e. The molecule has 2 amide bonds. The number of fused-ring (bicyclic) bond motifs is 1. The number of hydrogen-bond acceptors (Lipinski definition) is 5. The zero-order valence-corrected chi connectivity index (χ0v) is 19.4. The van der Waals surface area contributed by atoms with Crippen molar-refractivity contribution in [3.05, 3.63) is 65.4 Å². The number of aromatic nitrogens is 1. The summed E-state index contributed by atoms with van der Waals surface area (Å²) in [6, 6.07) is 12.8. The Morgan fingerprint density at radius 3 is 2.34 bits per heavy atom. The van der Waals surface area contributed by atoms with Crippen LogP contribution in [0.4, 0.5) is 18.9 Å². The number of carbonyl (C=O) groups is 2. The number of pyridine rings is 1. The van der Waals surface area contributed by atoms with Gasteiger partial charge in [-0.3, -0.25) is 19.5 Å². The first kappa shape index (κ1) is 24.5. The van der Waals surface area contributed by atoms with Gasteiger partial charge >= 0.3 is 6.36 Å². The lowest BCUT2D eigenvalue weighted by molar-refractivity contribution is -0.274. The van der Waals surface area contributed by atoms with Crippen LogP contribution in [0.5, 0.6) is 5.75 Å². The van der Waals surface area contributed by atoms with E-state index in [0.717, 1.165) is 28.6 Å². The Labute approximate surface area is 200 Å². The molecule has 0 atom stereocenters. The van der Waals surface area contributed by atoms with Crippen molar-refractivity contribution in [2.24, 2.45) is 0 Å². The van der Waals surface area contributed by atoms with Gasteiger partial charge in [-0.25, -0.2) is 0 Å². The van der Waals surface area contributed by atoms with Crippen molar-refractivity contribution in [2.75, 3.05) is 38.0 Å². The number of rotatable bonds is 5. The molecule has 0 spiro atoms. The maximum Gasteiger partial charge on any atom is 0.573 e. The number of carbonyl (C=O) groups excluding carboxylic acids is 2. The van der Waals surface area contributed by atoms with Crippen molar-refractivity contribution in [1.82, 2.24) is 14.8 Å². The van der Waals surface area contributed by atoms with Gasteiger partial charge in [0.25, 0.3) is 5.91 Å². The summed E-state index contributed by atoms with van der Waals surface area (Å²) in [5.41, 5.74) is 3.57. The Kier molecular flexibility index (Phi) is 6.93. The fraction of sp³-hybridized carbons (Fsp3) is 0.320. The summed E-state index contributed by atoms with van der Waals surface area (Å²) in [4.78, 5) is 33.8. The number of benzene rings is 2. The van der Waals surface area contributed by atoms with Gasteiger partial charge in [0.2, 0.25) is 5.91 Å². The molecule has 4 rings (SSSR count). The van der Waals surface area contributed by atoms with E-state index >= 15 is 0 Å². The number of piperazine rings is 1. The maximum atomic E-state index is 13.1. The molecule has 1 saturated heterocycles. The first-order valence-corrected chi connectivity index (χ1v) is 11.1. The van der Waals surface area contributed by atoms with Gasteiger partial charge in [-0.15, -0.1) is 13.2 Å². The van der Waals surface area contributed by atoms with Crippen LogP contribution in [0.25, 0.3) is 10.9 Å². The van der Waals surface area contributed by atoms with Gasteiger partial charge in [0.1, 0.15) is 5.75 Å². The van der Waals surface area contributed by atoms with Gasteiger partial charge in [-0.2, -0.15) is 0 Å². The number of aryl methyl sites for hydroxylation is 2. The van der Waals surface area contributed by atoms with Crippen molar-refractivity contribution in [2.45, 2.75) is 20.2 Å². The zero-order valence-electron chi connectivity index (χ0n) is 19.4. The van der Waals surface area contributed by atoms with Gasteiger partial charge in [0.05, 0.1) is 23.3 Å². The summed E-state index contributed by atoms with van der Waals surface area (Å²) in [5.74, 6) is -0.730. The van der Waals surface area contributed by atoms with Crippen molar-refractivity contribution in [3.8, 4) is 5.75 Å². The number of ether oxygens (including phenoxy) is 1. The summed E-state index contributed by atoms with van der Waals surface area (Å²) in [6.45, 7) is 5.93. The van der Waals surface area contributed by atoms with Crippen LogP contribution in [-0.2, 0) is 4.79 Å². The largest absolute Gasteiger partial charge is 0.573 e. The van der Waals surface area contributed by atoms with E-state index in [1.54, 1.807) is 4.90 Å². The molecule has 0 saturated carbocycles. The highest BCUT2D eigenvalue weighted by molar-refractivity contribution is 5.99. The fourth-order valence-electron chi connectivity index (χ4n) is 4.03. The van der Waals surface area contributed by atoms with Gasteiger partial charge in [0.15, 0.2) is 0 Å². The minimum atomic E-state index is -4.77. The van der Waals surface area contributed by atoms with E-state index in [4.69, 9.17) is 0 Å². The minimum absolute atomic E-state index is 0.0799. The van der Waals surface area contributed by atoms with Crippen LogP contribution in [0.2, 0.25) is 0 Å². The van der Waals surface area contributed by atoms with Crippen LogP contribution < -0.4 is 10.1 Å². The number of alkyl halides is 3.